The number of hydrogen-bond donors (Lipinski definition) is 1. The number of hydrogen-bond acceptors (Lipinski definition) is 7. The summed E-state index contributed by atoms with van der Waals surface area (Å²) < 4.78 is 14.1. The summed E-state index contributed by atoms with van der Waals surface area (Å²) in [5.41, 5.74) is 5.20. The van der Waals surface area contributed by atoms with Gasteiger partial charge in [-0.25, -0.2) is 10.4 Å². The first-order valence-corrected chi connectivity index (χ1v) is 13.0. The summed E-state index contributed by atoms with van der Waals surface area (Å²) in [4.78, 5) is 16.7. The molecule has 0 saturated heterocycles. The second kappa shape index (κ2) is 11.7. The van der Waals surface area contributed by atoms with E-state index >= 15 is 0 Å². The van der Waals surface area contributed by atoms with Gasteiger partial charge in [-0.3, -0.25) is 4.79 Å². The standard InChI is InChI=1S/C24H19BrClN3O3S2/c1-31-20-11-16(10-18(25)23(20)32-13-15-6-8-17(26)9-7-15)12-27-29-22(30)14-33-24-28-19-4-2-3-5-21(19)34-24/h2-12H,13-14H2,1H3,(H,29,30)/b27-12+. The molecule has 1 N–H and O–H groups in total. The van der Waals surface area contributed by atoms with E-state index < -0.39 is 0 Å². The molecule has 0 aliphatic heterocycles. The number of ether oxygens (including phenoxy) is 2. The number of thiazole rings is 1. The van der Waals surface area contributed by atoms with E-state index in [0.29, 0.717) is 27.6 Å². The average Bonchev–Trinajstić information content (AvgIpc) is 3.26. The zero-order valence-electron chi connectivity index (χ0n) is 18.0. The van der Waals surface area contributed by atoms with E-state index in [0.717, 1.165) is 25.7 Å². The van der Waals surface area contributed by atoms with Crippen LogP contribution in [-0.4, -0.2) is 30.0 Å². The fourth-order valence-electron chi connectivity index (χ4n) is 2.94. The van der Waals surface area contributed by atoms with Gasteiger partial charge in [0.25, 0.3) is 5.91 Å². The molecule has 3 aromatic carbocycles. The van der Waals surface area contributed by atoms with Crippen molar-refractivity contribution in [1.82, 2.24) is 10.4 Å². The third kappa shape index (κ3) is 6.50. The fourth-order valence-corrected chi connectivity index (χ4v) is 5.50. The molecule has 0 bridgehead atoms. The van der Waals surface area contributed by atoms with Crippen LogP contribution in [0.5, 0.6) is 11.5 Å². The Bertz CT molecular complexity index is 1300. The molecule has 1 aromatic heterocycles. The number of para-hydroxylation sites is 1. The minimum absolute atomic E-state index is 0.213. The monoisotopic (exact) mass is 575 g/mol. The molecule has 10 heteroatoms. The second-order valence-corrected chi connectivity index (χ2v) is 10.5. The van der Waals surface area contributed by atoms with Crippen LogP contribution in [0.15, 0.2) is 74.6 Å². The molecule has 0 atom stereocenters. The first-order valence-electron chi connectivity index (χ1n) is 10.1. The lowest BCUT2D eigenvalue weighted by Crippen LogP contribution is -2.19. The summed E-state index contributed by atoms with van der Waals surface area (Å²) in [6.45, 7) is 0.363. The summed E-state index contributed by atoms with van der Waals surface area (Å²) in [6, 6.07) is 19.0. The number of halogens is 2. The first kappa shape index (κ1) is 24.5. The molecule has 0 unspecified atom stereocenters. The highest BCUT2D eigenvalue weighted by molar-refractivity contribution is 9.10. The lowest BCUT2D eigenvalue weighted by molar-refractivity contribution is -0.118. The number of amides is 1. The van der Waals surface area contributed by atoms with Gasteiger partial charge in [0, 0.05) is 5.02 Å². The number of fused-ring (bicyclic) bond motifs is 1. The lowest BCUT2D eigenvalue weighted by atomic mass is 10.2. The van der Waals surface area contributed by atoms with Crippen molar-refractivity contribution in [2.24, 2.45) is 5.10 Å². The van der Waals surface area contributed by atoms with Gasteiger partial charge in [0.1, 0.15) is 6.61 Å². The van der Waals surface area contributed by atoms with Crippen LogP contribution < -0.4 is 14.9 Å². The maximum atomic E-state index is 12.2. The normalized spacial score (nSPS) is 11.1. The zero-order chi connectivity index (χ0) is 23.9. The van der Waals surface area contributed by atoms with Gasteiger partial charge in [-0.2, -0.15) is 5.10 Å². The van der Waals surface area contributed by atoms with Crippen LogP contribution in [0, 0.1) is 0 Å². The number of nitrogens with zero attached hydrogens (tertiary/aromatic N) is 2. The van der Waals surface area contributed by atoms with Crippen LogP contribution in [0.4, 0.5) is 0 Å². The number of aromatic nitrogens is 1. The summed E-state index contributed by atoms with van der Waals surface area (Å²) in [5, 5.41) is 4.73. The van der Waals surface area contributed by atoms with Crippen LogP contribution in [0.3, 0.4) is 0 Å². The second-order valence-electron chi connectivity index (χ2n) is 6.98. The molecule has 1 heterocycles. The molecule has 0 radical (unpaired) electrons. The Hall–Kier alpha value is -2.59. The van der Waals surface area contributed by atoms with E-state index in [1.165, 1.54) is 11.8 Å². The highest BCUT2D eigenvalue weighted by atomic mass is 79.9. The van der Waals surface area contributed by atoms with Gasteiger partial charge in [-0.05, 0) is 63.5 Å². The number of benzene rings is 3. The Labute approximate surface area is 218 Å². The van der Waals surface area contributed by atoms with Crippen molar-refractivity contribution in [3.05, 3.63) is 81.3 Å². The molecule has 34 heavy (non-hydrogen) atoms. The molecule has 174 valence electrons. The van der Waals surface area contributed by atoms with Crippen molar-refractivity contribution in [2.45, 2.75) is 10.9 Å². The highest BCUT2D eigenvalue weighted by Crippen LogP contribution is 2.37. The van der Waals surface area contributed by atoms with Crippen molar-refractivity contribution in [2.75, 3.05) is 12.9 Å². The van der Waals surface area contributed by atoms with Gasteiger partial charge in [0.05, 0.1) is 33.8 Å². The van der Waals surface area contributed by atoms with Gasteiger partial charge in [0.2, 0.25) is 0 Å². The number of carbonyl (C=O) groups is 1. The fraction of sp³-hybridized carbons (Fsp3) is 0.125. The summed E-state index contributed by atoms with van der Waals surface area (Å²) in [5.74, 6) is 1.13. The molecule has 4 aromatic rings. The zero-order valence-corrected chi connectivity index (χ0v) is 21.9. The lowest BCUT2D eigenvalue weighted by Gasteiger charge is -2.13. The molecular weight excluding hydrogens is 558 g/mol. The summed E-state index contributed by atoms with van der Waals surface area (Å²) >= 11 is 12.4. The maximum Gasteiger partial charge on any atom is 0.250 e. The van der Waals surface area contributed by atoms with E-state index in [4.69, 9.17) is 21.1 Å². The Morgan fingerprint density at radius 1 is 1.24 bits per heavy atom. The van der Waals surface area contributed by atoms with Crippen LogP contribution >= 0.6 is 50.6 Å². The number of hydrazone groups is 1. The van der Waals surface area contributed by atoms with Crippen LogP contribution in [0.2, 0.25) is 5.02 Å². The molecule has 0 fully saturated rings. The molecule has 6 nitrogen and oxygen atoms in total. The summed E-state index contributed by atoms with van der Waals surface area (Å²) in [6.07, 6.45) is 1.55. The largest absolute Gasteiger partial charge is 0.493 e. The predicted molar refractivity (Wildman–Crippen MR) is 143 cm³/mol. The first-order chi connectivity index (χ1) is 16.5. The minimum atomic E-state index is -0.213. The van der Waals surface area contributed by atoms with Crippen molar-refractivity contribution in [3.8, 4) is 11.5 Å². The number of carbonyl (C=O) groups excluding carboxylic acids is 1. The molecule has 0 saturated carbocycles. The van der Waals surface area contributed by atoms with Gasteiger partial charge in [-0.15, -0.1) is 11.3 Å². The molecule has 0 aliphatic carbocycles. The van der Waals surface area contributed by atoms with E-state index in [9.17, 15) is 4.79 Å². The highest BCUT2D eigenvalue weighted by Gasteiger charge is 2.12. The smallest absolute Gasteiger partial charge is 0.250 e. The molecule has 4 rings (SSSR count). The van der Waals surface area contributed by atoms with E-state index in [1.807, 2.05) is 54.6 Å². The number of rotatable bonds is 9. The number of thioether (sulfide) groups is 1. The van der Waals surface area contributed by atoms with Gasteiger partial charge in [-0.1, -0.05) is 47.6 Å². The number of methoxy groups -OCH3 is 1. The van der Waals surface area contributed by atoms with Crippen molar-refractivity contribution in [1.29, 1.82) is 0 Å². The topological polar surface area (TPSA) is 72.8 Å². The van der Waals surface area contributed by atoms with Crippen molar-refractivity contribution >= 4 is 73.0 Å². The Morgan fingerprint density at radius 3 is 2.79 bits per heavy atom. The van der Waals surface area contributed by atoms with E-state index in [2.05, 4.69) is 31.4 Å². The van der Waals surface area contributed by atoms with Crippen LogP contribution in [0.25, 0.3) is 10.2 Å². The van der Waals surface area contributed by atoms with Crippen LogP contribution in [-0.2, 0) is 11.4 Å². The quantitative estimate of drug-likeness (QED) is 0.139. The Balaban J connectivity index is 1.33. The average molecular weight is 577 g/mol. The van der Waals surface area contributed by atoms with Gasteiger partial charge >= 0.3 is 0 Å². The molecule has 0 spiro atoms. The molecule has 0 aliphatic rings. The van der Waals surface area contributed by atoms with Crippen molar-refractivity contribution < 1.29 is 14.3 Å². The molecular formula is C24H19BrClN3O3S2. The van der Waals surface area contributed by atoms with Gasteiger partial charge < -0.3 is 9.47 Å². The molecule has 1 amide bonds. The minimum Gasteiger partial charge on any atom is -0.493 e. The van der Waals surface area contributed by atoms with Crippen LogP contribution in [0.1, 0.15) is 11.1 Å². The summed E-state index contributed by atoms with van der Waals surface area (Å²) in [7, 11) is 1.57. The van der Waals surface area contributed by atoms with Gasteiger partial charge in [0.15, 0.2) is 15.8 Å². The van der Waals surface area contributed by atoms with E-state index in [1.54, 1.807) is 30.7 Å². The number of nitrogens with one attached hydrogen (secondary N) is 1. The third-order valence-electron chi connectivity index (χ3n) is 4.55. The third-order valence-corrected chi connectivity index (χ3v) is 7.57. The Morgan fingerprint density at radius 2 is 2.03 bits per heavy atom. The van der Waals surface area contributed by atoms with Crippen molar-refractivity contribution in [3.63, 3.8) is 0 Å². The Kier molecular flexibility index (Phi) is 8.44. The SMILES string of the molecule is COc1cc(/C=N/NC(=O)CSc2nc3ccccc3s2)cc(Br)c1OCc1ccc(Cl)cc1. The maximum absolute atomic E-state index is 12.2. The van der Waals surface area contributed by atoms with E-state index in [-0.39, 0.29) is 11.7 Å². The predicted octanol–water partition coefficient (Wildman–Crippen LogP) is 6.54.